The molecule has 0 aromatic heterocycles. The van der Waals surface area contributed by atoms with E-state index in [4.69, 9.17) is 28.4 Å². The van der Waals surface area contributed by atoms with Crippen molar-refractivity contribution in [2.24, 2.45) is 0 Å². The SMILES string of the molecule is CC(=O)Nc1ccc(OCCOCCOCCOCCOCCC(=O)OC(C)(C)C)cc1. The van der Waals surface area contributed by atoms with Gasteiger partial charge in [0.2, 0.25) is 5.91 Å². The molecule has 0 atom stereocenters. The number of hydrogen-bond acceptors (Lipinski definition) is 8. The van der Waals surface area contributed by atoms with E-state index in [9.17, 15) is 9.59 Å². The zero-order valence-electron chi connectivity index (χ0n) is 19.6. The topological polar surface area (TPSA) is 102 Å². The van der Waals surface area contributed by atoms with Gasteiger partial charge in [0, 0.05) is 12.6 Å². The lowest BCUT2D eigenvalue weighted by molar-refractivity contribution is -0.156. The van der Waals surface area contributed by atoms with Crippen LogP contribution in [-0.4, -0.2) is 76.9 Å². The van der Waals surface area contributed by atoms with Crippen molar-refractivity contribution in [1.82, 2.24) is 0 Å². The zero-order valence-corrected chi connectivity index (χ0v) is 19.6. The number of rotatable bonds is 17. The summed E-state index contributed by atoms with van der Waals surface area (Å²) in [5.74, 6) is 0.338. The smallest absolute Gasteiger partial charge is 0.308 e. The van der Waals surface area contributed by atoms with Crippen LogP contribution in [0.1, 0.15) is 34.1 Å². The Hall–Kier alpha value is -2.20. The summed E-state index contributed by atoms with van der Waals surface area (Å²) in [6.07, 6.45) is 0.232. The average Bonchev–Trinajstić information content (AvgIpc) is 2.70. The molecule has 1 aromatic carbocycles. The molecule has 9 heteroatoms. The van der Waals surface area contributed by atoms with Crippen molar-refractivity contribution in [3.05, 3.63) is 24.3 Å². The minimum absolute atomic E-state index is 0.109. The van der Waals surface area contributed by atoms with Gasteiger partial charge in [0.15, 0.2) is 0 Å². The van der Waals surface area contributed by atoms with Gasteiger partial charge < -0.3 is 33.7 Å². The van der Waals surface area contributed by atoms with Crippen LogP contribution in [0.2, 0.25) is 0 Å². The molecular weight excluding hydrogens is 418 g/mol. The van der Waals surface area contributed by atoms with Crippen LogP contribution in [0.4, 0.5) is 5.69 Å². The van der Waals surface area contributed by atoms with Gasteiger partial charge in [-0.25, -0.2) is 0 Å². The van der Waals surface area contributed by atoms with Crippen LogP contribution < -0.4 is 10.1 Å². The van der Waals surface area contributed by atoms with Crippen LogP contribution in [0, 0.1) is 0 Å². The summed E-state index contributed by atoms with van der Waals surface area (Å²) in [6, 6.07) is 7.15. The van der Waals surface area contributed by atoms with Crippen LogP contribution in [0.3, 0.4) is 0 Å². The van der Waals surface area contributed by atoms with Crippen LogP contribution in [0.25, 0.3) is 0 Å². The third kappa shape index (κ3) is 16.5. The Bertz CT molecular complexity index is 642. The van der Waals surface area contributed by atoms with Crippen LogP contribution >= 0.6 is 0 Å². The summed E-state index contributed by atoms with van der Waals surface area (Å²) in [5, 5.41) is 2.70. The average molecular weight is 456 g/mol. The summed E-state index contributed by atoms with van der Waals surface area (Å²) < 4.78 is 32.4. The highest BCUT2D eigenvalue weighted by Crippen LogP contribution is 2.15. The number of nitrogens with one attached hydrogen (secondary N) is 1. The molecule has 0 aliphatic carbocycles. The molecule has 0 aliphatic rings. The minimum Gasteiger partial charge on any atom is -0.491 e. The number of carbonyl (C=O) groups is 2. The van der Waals surface area contributed by atoms with E-state index in [1.807, 2.05) is 20.8 Å². The van der Waals surface area contributed by atoms with Gasteiger partial charge >= 0.3 is 5.97 Å². The highest BCUT2D eigenvalue weighted by Gasteiger charge is 2.15. The minimum atomic E-state index is -0.470. The molecule has 0 aliphatic heterocycles. The number of carbonyl (C=O) groups excluding carboxylic acids is 2. The first-order valence-corrected chi connectivity index (χ1v) is 10.8. The fourth-order valence-corrected chi connectivity index (χ4v) is 2.37. The normalized spacial score (nSPS) is 11.2. The quantitative estimate of drug-likeness (QED) is 0.283. The highest BCUT2D eigenvalue weighted by atomic mass is 16.6. The predicted octanol–water partition coefficient (Wildman–Crippen LogP) is 2.82. The lowest BCUT2D eigenvalue weighted by Crippen LogP contribution is -2.24. The summed E-state index contributed by atoms with van der Waals surface area (Å²) in [6.45, 7) is 10.9. The Kier molecular flexibility index (Phi) is 14.3. The molecule has 182 valence electrons. The maximum Gasteiger partial charge on any atom is 0.308 e. The number of anilines is 1. The summed E-state index contributed by atoms with van der Waals surface area (Å²) in [7, 11) is 0. The molecule has 1 rings (SSSR count). The van der Waals surface area contributed by atoms with E-state index in [0.717, 1.165) is 5.69 Å². The van der Waals surface area contributed by atoms with Crippen molar-refractivity contribution < 1.29 is 38.0 Å². The van der Waals surface area contributed by atoms with Gasteiger partial charge in [-0.1, -0.05) is 0 Å². The summed E-state index contributed by atoms with van der Waals surface area (Å²) in [4.78, 5) is 22.5. The lowest BCUT2D eigenvalue weighted by Gasteiger charge is -2.19. The second-order valence-electron chi connectivity index (χ2n) is 7.84. The molecule has 0 fully saturated rings. The van der Waals surface area contributed by atoms with Crippen molar-refractivity contribution in [2.75, 3.05) is 64.8 Å². The summed E-state index contributed by atoms with van der Waals surface area (Å²) >= 11 is 0. The molecule has 0 spiro atoms. The molecule has 0 saturated carbocycles. The molecule has 0 unspecified atom stereocenters. The maximum atomic E-state index is 11.5. The van der Waals surface area contributed by atoms with Gasteiger partial charge in [-0.15, -0.1) is 0 Å². The second-order valence-corrected chi connectivity index (χ2v) is 7.84. The Morgan fingerprint density at radius 1 is 0.750 bits per heavy atom. The first-order chi connectivity index (χ1) is 15.3. The van der Waals surface area contributed by atoms with Crippen LogP contribution in [-0.2, 0) is 33.3 Å². The van der Waals surface area contributed by atoms with E-state index in [-0.39, 0.29) is 18.3 Å². The van der Waals surface area contributed by atoms with Crippen molar-refractivity contribution in [3.63, 3.8) is 0 Å². The van der Waals surface area contributed by atoms with E-state index < -0.39 is 5.60 Å². The molecule has 32 heavy (non-hydrogen) atoms. The third-order valence-electron chi connectivity index (χ3n) is 3.66. The Balaban J connectivity index is 1.83. The Labute approximate surface area is 190 Å². The van der Waals surface area contributed by atoms with E-state index in [1.165, 1.54) is 6.92 Å². The molecule has 9 nitrogen and oxygen atoms in total. The van der Waals surface area contributed by atoms with E-state index in [2.05, 4.69) is 5.32 Å². The van der Waals surface area contributed by atoms with E-state index in [0.29, 0.717) is 65.2 Å². The third-order valence-corrected chi connectivity index (χ3v) is 3.66. The largest absolute Gasteiger partial charge is 0.491 e. The lowest BCUT2D eigenvalue weighted by atomic mass is 10.2. The highest BCUT2D eigenvalue weighted by molar-refractivity contribution is 5.88. The van der Waals surface area contributed by atoms with Crippen molar-refractivity contribution >= 4 is 17.6 Å². The molecule has 0 saturated heterocycles. The molecule has 0 bridgehead atoms. The standard InChI is InChI=1S/C23H37NO8/c1-19(25)24-20-5-7-21(8-6-20)31-18-17-30-16-15-29-14-13-28-12-11-27-10-9-22(26)32-23(2,3)4/h5-8H,9-18H2,1-4H3,(H,24,25). The number of hydrogen-bond donors (Lipinski definition) is 1. The molecule has 1 aromatic rings. The zero-order chi connectivity index (χ0) is 23.7. The predicted molar refractivity (Wildman–Crippen MR) is 120 cm³/mol. The summed E-state index contributed by atoms with van der Waals surface area (Å²) in [5.41, 5.74) is 0.260. The second kappa shape index (κ2) is 16.4. The first-order valence-electron chi connectivity index (χ1n) is 10.8. The van der Waals surface area contributed by atoms with Crippen molar-refractivity contribution in [3.8, 4) is 5.75 Å². The van der Waals surface area contributed by atoms with E-state index >= 15 is 0 Å². The number of amides is 1. The number of benzene rings is 1. The van der Waals surface area contributed by atoms with Crippen molar-refractivity contribution in [2.45, 2.75) is 39.7 Å². The van der Waals surface area contributed by atoms with Crippen LogP contribution in [0.5, 0.6) is 5.75 Å². The van der Waals surface area contributed by atoms with Gasteiger partial charge in [0.1, 0.15) is 18.0 Å². The van der Waals surface area contributed by atoms with Crippen molar-refractivity contribution in [1.29, 1.82) is 0 Å². The van der Waals surface area contributed by atoms with Gasteiger partial charge in [-0.3, -0.25) is 9.59 Å². The maximum absolute atomic E-state index is 11.5. The molecule has 1 N–H and O–H groups in total. The van der Waals surface area contributed by atoms with Gasteiger partial charge in [-0.2, -0.15) is 0 Å². The Morgan fingerprint density at radius 3 is 1.69 bits per heavy atom. The van der Waals surface area contributed by atoms with Crippen LogP contribution in [0.15, 0.2) is 24.3 Å². The molecule has 0 radical (unpaired) electrons. The van der Waals surface area contributed by atoms with Gasteiger partial charge in [0.25, 0.3) is 0 Å². The monoisotopic (exact) mass is 455 g/mol. The first kappa shape index (κ1) is 27.8. The van der Waals surface area contributed by atoms with Gasteiger partial charge in [-0.05, 0) is 45.0 Å². The number of ether oxygens (including phenoxy) is 6. The molecule has 1 amide bonds. The Morgan fingerprint density at radius 2 is 1.22 bits per heavy atom. The molecular formula is C23H37NO8. The van der Waals surface area contributed by atoms with E-state index in [1.54, 1.807) is 24.3 Å². The number of esters is 1. The molecule has 0 heterocycles. The van der Waals surface area contributed by atoms with Gasteiger partial charge in [0.05, 0.1) is 59.3 Å². The fraction of sp³-hybridized carbons (Fsp3) is 0.652. The fourth-order valence-electron chi connectivity index (χ4n) is 2.37.